The molecular weight excluding hydrogens is 407 g/mol. The fraction of sp³-hybridized carbons (Fsp3) is 0.182. The SMILES string of the molecule is O=C(N[C@@H]1CCc2cnc(-c3ccnc(C(F)(F)F)c3)cc21)c1cc2cccnn2c1. The van der Waals surface area contributed by atoms with E-state index in [1.165, 1.54) is 6.07 Å². The Morgan fingerprint density at radius 2 is 2.00 bits per heavy atom. The van der Waals surface area contributed by atoms with Crippen molar-refractivity contribution in [3.8, 4) is 11.3 Å². The Labute approximate surface area is 174 Å². The first-order valence-corrected chi connectivity index (χ1v) is 9.65. The molecule has 1 amide bonds. The minimum absolute atomic E-state index is 0.231. The van der Waals surface area contributed by atoms with Crippen LogP contribution in [0, 0.1) is 0 Å². The summed E-state index contributed by atoms with van der Waals surface area (Å²) >= 11 is 0. The molecule has 156 valence electrons. The molecule has 31 heavy (non-hydrogen) atoms. The predicted molar refractivity (Wildman–Crippen MR) is 106 cm³/mol. The van der Waals surface area contributed by atoms with Gasteiger partial charge >= 0.3 is 6.18 Å². The van der Waals surface area contributed by atoms with Crippen LogP contribution in [0.15, 0.2) is 61.2 Å². The summed E-state index contributed by atoms with van der Waals surface area (Å²) in [5.74, 6) is -0.231. The molecule has 4 aromatic rings. The van der Waals surface area contributed by atoms with E-state index >= 15 is 0 Å². The molecule has 0 aliphatic heterocycles. The molecule has 0 saturated carbocycles. The number of aromatic nitrogens is 4. The van der Waals surface area contributed by atoms with Gasteiger partial charge in [-0.15, -0.1) is 0 Å². The van der Waals surface area contributed by atoms with E-state index in [-0.39, 0.29) is 11.9 Å². The fourth-order valence-corrected chi connectivity index (χ4v) is 3.85. The third kappa shape index (κ3) is 3.63. The zero-order valence-corrected chi connectivity index (χ0v) is 16.1. The molecule has 6 nitrogen and oxygen atoms in total. The third-order valence-electron chi connectivity index (χ3n) is 5.39. The van der Waals surface area contributed by atoms with Crippen LogP contribution in [0.1, 0.15) is 39.6 Å². The van der Waals surface area contributed by atoms with Gasteiger partial charge in [-0.2, -0.15) is 18.3 Å². The molecule has 1 atom stereocenters. The van der Waals surface area contributed by atoms with E-state index in [1.807, 2.05) is 6.07 Å². The highest BCUT2D eigenvalue weighted by atomic mass is 19.4. The standard InChI is InChI=1S/C22H16F3N5O/c23-22(24,25)20-9-13(5-7-26-20)19-10-17-14(11-27-19)3-4-18(17)29-21(31)15-8-16-2-1-6-28-30(16)12-15/h1-2,5-12,18H,3-4H2,(H,29,31)/t18-/m1/s1. The second-order valence-electron chi connectivity index (χ2n) is 7.38. The number of carbonyl (C=O) groups is 1. The monoisotopic (exact) mass is 423 g/mol. The van der Waals surface area contributed by atoms with Crippen molar-refractivity contribution in [1.29, 1.82) is 0 Å². The van der Waals surface area contributed by atoms with Crippen molar-refractivity contribution in [3.05, 3.63) is 83.6 Å². The molecule has 1 aliphatic rings. The highest BCUT2D eigenvalue weighted by molar-refractivity contribution is 5.95. The summed E-state index contributed by atoms with van der Waals surface area (Å²) in [5.41, 5.74) is 2.91. The van der Waals surface area contributed by atoms with Crippen molar-refractivity contribution < 1.29 is 18.0 Å². The average molecular weight is 423 g/mol. The van der Waals surface area contributed by atoms with Gasteiger partial charge in [0.1, 0.15) is 5.69 Å². The summed E-state index contributed by atoms with van der Waals surface area (Å²) in [5, 5.41) is 7.19. The van der Waals surface area contributed by atoms with Crippen molar-refractivity contribution >= 4 is 11.4 Å². The number of nitrogens with zero attached hydrogens (tertiary/aromatic N) is 4. The number of nitrogens with one attached hydrogen (secondary N) is 1. The molecule has 0 radical (unpaired) electrons. The lowest BCUT2D eigenvalue weighted by Crippen LogP contribution is -2.26. The van der Waals surface area contributed by atoms with Crippen molar-refractivity contribution in [2.45, 2.75) is 25.1 Å². The number of alkyl halides is 3. The number of aryl methyl sites for hydroxylation is 1. The van der Waals surface area contributed by atoms with Gasteiger partial charge in [-0.3, -0.25) is 14.8 Å². The van der Waals surface area contributed by atoms with Gasteiger partial charge in [-0.1, -0.05) is 0 Å². The number of rotatable bonds is 3. The first-order valence-electron chi connectivity index (χ1n) is 9.65. The van der Waals surface area contributed by atoms with Gasteiger partial charge in [0.05, 0.1) is 22.8 Å². The number of fused-ring (bicyclic) bond motifs is 2. The zero-order chi connectivity index (χ0) is 21.6. The van der Waals surface area contributed by atoms with Gasteiger partial charge in [-0.25, -0.2) is 4.52 Å². The molecule has 1 N–H and O–H groups in total. The van der Waals surface area contributed by atoms with Crippen LogP contribution in [0.25, 0.3) is 16.8 Å². The van der Waals surface area contributed by atoms with Gasteiger partial charge in [0.25, 0.3) is 5.91 Å². The van der Waals surface area contributed by atoms with Crippen LogP contribution in [0.3, 0.4) is 0 Å². The highest BCUT2D eigenvalue weighted by Crippen LogP contribution is 2.35. The van der Waals surface area contributed by atoms with Crippen molar-refractivity contribution in [1.82, 2.24) is 24.9 Å². The molecule has 9 heteroatoms. The van der Waals surface area contributed by atoms with Crippen LogP contribution in [-0.2, 0) is 12.6 Å². The molecule has 5 rings (SSSR count). The number of pyridine rings is 2. The predicted octanol–water partition coefficient (Wildman–Crippen LogP) is 4.23. The number of carbonyl (C=O) groups excluding carboxylic acids is 1. The molecule has 0 spiro atoms. The van der Waals surface area contributed by atoms with Gasteiger partial charge in [0, 0.05) is 30.4 Å². The Balaban J connectivity index is 1.42. The molecule has 0 unspecified atom stereocenters. The summed E-state index contributed by atoms with van der Waals surface area (Å²) < 4.78 is 40.7. The summed E-state index contributed by atoms with van der Waals surface area (Å²) in [6.45, 7) is 0. The van der Waals surface area contributed by atoms with Crippen LogP contribution in [0.4, 0.5) is 13.2 Å². The third-order valence-corrected chi connectivity index (χ3v) is 5.39. The Morgan fingerprint density at radius 1 is 1.13 bits per heavy atom. The van der Waals surface area contributed by atoms with E-state index in [0.29, 0.717) is 23.2 Å². The second kappa shape index (κ2) is 7.19. The Kier molecular flexibility index (Phi) is 4.46. The van der Waals surface area contributed by atoms with Crippen molar-refractivity contribution in [2.75, 3.05) is 0 Å². The maximum Gasteiger partial charge on any atom is 0.433 e. The molecular formula is C22H16F3N5O. The quantitative estimate of drug-likeness (QED) is 0.535. The molecule has 0 bridgehead atoms. The molecule has 0 aromatic carbocycles. The van der Waals surface area contributed by atoms with Gasteiger partial charge < -0.3 is 5.32 Å². The van der Waals surface area contributed by atoms with E-state index in [9.17, 15) is 18.0 Å². The Hall–Kier alpha value is -3.75. The molecule has 1 aliphatic carbocycles. The summed E-state index contributed by atoms with van der Waals surface area (Å²) in [7, 11) is 0. The van der Waals surface area contributed by atoms with Crippen LogP contribution >= 0.6 is 0 Å². The summed E-state index contributed by atoms with van der Waals surface area (Å²) in [6, 6.07) is 9.39. The second-order valence-corrected chi connectivity index (χ2v) is 7.38. The van der Waals surface area contributed by atoms with Crippen LogP contribution < -0.4 is 5.32 Å². The minimum atomic E-state index is -4.53. The number of hydrogen-bond donors (Lipinski definition) is 1. The zero-order valence-electron chi connectivity index (χ0n) is 16.1. The lowest BCUT2D eigenvalue weighted by molar-refractivity contribution is -0.141. The maximum atomic E-state index is 13.0. The Bertz CT molecular complexity index is 1260. The normalized spacial score (nSPS) is 15.8. The van der Waals surface area contributed by atoms with Crippen LogP contribution in [-0.4, -0.2) is 25.5 Å². The number of hydrogen-bond acceptors (Lipinski definition) is 4. The van der Waals surface area contributed by atoms with E-state index in [4.69, 9.17) is 0 Å². The maximum absolute atomic E-state index is 13.0. The van der Waals surface area contributed by atoms with Crippen molar-refractivity contribution in [3.63, 3.8) is 0 Å². The van der Waals surface area contributed by atoms with Gasteiger partial charge in [0.2, 0.25) is 0 Å². The first kappa shape index (κ1) is 19.2. The number of amides is 1. The summed E-state index contributed by atoms with van der Waals surface area (Å²) in [6.07, 6.45) is 2.99. The lowest BCUT2D eigenvalue weighted by atomic mass is 10.0. The first-order chi connectivity index (χ1) is 14.9. The molecule has 4 aromatic heterocycles. The van der Waals surface area contributed by atoms with E-state index in [0.717, 1.165) is 35.3 Å². The highest BCUT2D eigenvalue weighted by Gasteiger charge is 2.33. The lowest BCUT2D eigenvalue weighted by Gasteiger charge is -2.15. The average Bonchev–Trinajstić information content (AvgIpc) is 3.37. The largest absolute Gasteiger partial charge is 0.433 e. The van der Waals surface area contributed by atoms with Crippen LogP contribution in [0.5, 0.6) is 0 Å². The molecule has 0 saturated heterocycles. The van der Waals surface area contributed by atoms with Crippen LogP contribution in [0.2, 0.25) is 0 Å². The summed E-state index contributed by atoms with van der Waals surface area (Å²) in [4.78, 5) is 20.5. The smallest absolute Gasteiger partial charge is 0.345 e. The topological polar surface area (TPSA) is 72.2 Å². The fourth-order valence-electron chi connectivity index (χ4n) is 3.85. The molecule has 4 heterocycles. The van der Waals surface area contributed by atoms with E-state index in [1.54, 1.807) is 41.3 Å². The van der Waals surface area contributed by atoms with E-state index in [2.05, 4.69) is 20.4 Å². The Morgan fingerprint density at radius 3 is 2.81 bits per heavy atom. The number of halogens is 3. The van der Waals surface area contributed by atoms with Gasteiger partial charge in [0.15, 0.2) is 0 Å². The van der Waals surface area contributed by atoms with Crippen molar-refractivity contribution in [2.24, 2.45) is 0 Å². The van der Waals surface area contributed by atoms with Gasteiger partial charge in [-0.05, 0) is 60.4 Å². The minimum Gasteiger partial charge on any atom is -0.345 e. The molecule has 0 fully saturated rings. The van der Waals surface area contributed by atoms with E-state index < -0.39 is 11.9 Å².